The number of hydrogen-bond donors (Lipinski definition) is 2. The molecule has 3 aromatic carbocycles. The van der Waals surface area contributed by atoms with Gasteiger partial charge in [0.2, 0.25) is 5.78 Å². The largest absolute Gasteiger partial charge is 0.360 e. The molecule has 2 aromatic heterocycles. The summed E-state index contributed by atoms with van der Waals surface area (Å²) in [5, 5.41) is 5.01. The van der Waals surface area contributed by atoms with Crippen LogP contribution in [0.1, 0.15) is 20.8 Å². The van der Waals surface area contributed by atoms with Crippen LogP contribution >= 0.6 is 11.3 Å². The van der Waals surface area contributed by atoms with Crippen molar-refractivity contribution >= 4 is 38.8 Å². The van der Waals surface area contributed by atoms with E-state index < -0.39 is 0 Å². The molecular weight excluding hydrogens is 390 g/mol. The van der Waals surface area contributed by atoms with Gasteiger partial charge in [-0.25, -0.2) is 4.98 Å². The van der Waals surface area contributed by atoms with Gasteiger partial charge >= 0.3 is 0 Å². The molecule has 0 aliphatic rings. The number of anilines is 2. The summed E-state index contributed by atoms with van der Waals surface area (Å²) in [7, 11) is 0. The molecule has 0 radical (unpaired) electrons. The van der Waals surface area contributed by atoms with Gasteiger partial charge in [0.15, 0.2) is 5.13 Å². The predicted molar refractivity (Wildman–Crippen MR) is 124 cm³/mol. The first-order valence-corrected chi connectivity index (χ1v) is 10.5. The lowest BCUT2D eigenvalue weighted by atomic mass is 10.0. The number of rotatable bonds is 5. The van der Waals surface area contributed by atoms with Crippen LogP contribution in [0.5, 0.6) is 0 Å². The van der Waals surface area contributed by atoms with Crippen LogP contribution in [-0.2, 0) is 0 Å². The van der Waals surface area contributed by atoms with Crippen LogP contribution in [0.25, 0.3) is 22.2 Å². The van der Waals surface area contributed by atoms with E-state index >= 15 is 0 Å². The third kappa shape index (κ3) is 3.29. The first-order chi connectivity index (χ1) is 14.7. The van der Waals surface area contributed by atoms with Crippen LogP contribution in [0.3, 0.4) is 0 Å². The Bertz CT molecular complexity index is 1350. The normalized spacial score (nSPS) is 11.0. The van der Waals surface area contributed by atoms with Crippen molar-refractivity contribution in [3.63, 3.8) is 0 Å². The minimum absolute atomic E-state index is 0.0263. The Hall–Kier alpha value is -3.70. The second kappa shape index (κ2) is 7.61. The summed E-state index contributed by atoms with van der Waals surface area (Å²) >= 11 is 1.39. The summed E-state index contributed by atoms with van der Waals surface area (Å²) in [5.74, 6) is -0.0263. The van der Waals surface area contributed by atoms with E-state index in [0.717, 1.165) is 27.7 Å². The van der Waals surface area contributed by atoms with E-state index in [4.69, 9.17) is 4.98 Å². The van der Waals surface area contributed by atoms with Gasteiger partial charge in [0.25, 0.3) is 0 Å². The van der Waals surface area contributed by atoms with Crippen LogP contribution in [0.4, 0.5) is 10.8 Å². The monoisotopic (exact) mass is 409 g/mol. The summed E-state index contributed by atoms with van der Waals surface area (Å²) in [6.07, 6.45) is 1.79. The van der Waals surface area contributed by atoms with Gasteiger partial charge in [0, 0.05) is 33.9 Å². The molecule has 0 amide bonds. The lowest BCUT2D eigenvalue weighted by molar-refractivity contribution is 0.104. The maximum atomic E-state index is 13.6. The van der Waals surface area contributed by atoms with E-state index in [9.17, 15) is 4.79 Å². The molecule has 5 heteroatoms. The van der Waals surface area contributed by atoms with Gasteiger partial charge in [-0.05, 0) is 24.6 Å². The van der Waals surface area contributed by atoms with Crippen LogP contribution in [0.2, 0.25) is 0 Å². The van der Waals surface area contributed by atoms with Crippen LogP contribution in [0, 0.1) is 6.92 Å². The van der Waals surface area contributed by atoms with Crippen LogP contribution < -0.4 is 5.32 Å². The lowest BCUT2D eigenvalue weighted by Gasteiger charge is -2.05. The van der Waals surface area contributed by atoms with Crippen LogP contribution in [0.15, 0.2) is 85.1 Å². The Labute approximate surface area is 178 Å². The number of hydrogen-bond acceptors (Lipinski definition) is 4. The molecule has 4 nitrogen and oxygen atoms in total. The third-order valence-electron chi connectivity index (χ3n) is 5.10. The topological polar surface area (TPSA) is 57.8 Å². The number of carbonyl (C=O) groups excluding carboxylic acids is 1. The second-order valence-corrected chi connectivity index (χ2v) is 8.08. The Morgan fingerprint density at radius 1 is 0.933 bits per heavy atom. The number of thiazole rings is 1. The number of nitrogens with zero attached hydrogens (tertiary/aromatic N) is 1. The summed E-state index contributed by atoms with van der Waals surface area (Å²) in [5.41, 5.74) is 5.34. The predicted octanol–water partition coefficient (Wildman–Crippen LogP) is 6.57. The number of aryl methyl sites for hydroxylation is 1. The molecule has 146 valence electrons. The first kappa shape index (κ1) is 18.3. The molecule has 0 saturated carbocycles. The fourth-order valence-corrected chi connectivity index (χ4v) is 4.48. The standard InChI is InChI=1S/C25H19N3OS/c1-16-9-5-7-13-20(16)27-25-28-22(17-10-3-2-4-11-17)24(30-25)23(29)19-15-26-21-14-8-6-12-18(19)21/h2-15,26H,1H3,(H,27,28). The maximum absolute atomic E-state index is 13.6. The number of aromatic nitrogens is 2. The Morgan fingerprint density at radius 3 is 2.50 bits per heavy atom. The zero-order valence-corrected chi connectivity index (χ0v) is 17.2. The Balaban J connectivity index is 1.62. The van der Waals surface area contributed by atoms with E-state index in [2.05, 4.69) is 10.3 Å². The molecule has 0 atom stereocenters. The minimum Gasteiger partial charge on any atom is -0.360 e. The number of H-pyrrole nitrogens is 1. The van der Waals surface area contributed by atoms with Gasteiger partial charge in [0.05, 0.1) is 5.69 Å². The zero-order chi connectivity index (χ0) is 20.5. The van der Waals surface area contributed by atoms with E-state index in [1.807, 2.05) is 85.8 Å². The quantitative estimate of drug-likeness (QED) is 0.323. The van der Waals surface area contributed by atoms with Gasteiger partial charge in [-0.1, -0.05) is 78.1 Å². The highest BCUT2D eigenvalue weighted by molar-refractivity contribution is 7.18. The SMILES string of the molecule is Cc1ccccc1Nc1nc(-c2ccccc2)c(C(=O)c2c[nH]c3ccccc23)s1. The van der Waals surface area contributed by atoms with Crippen molar-refractivity contribution < 1.29 is 4.79 Å². The lowest BCUT2D eigenvalue weighted by Crippen LogP contribution is -2.00. The number of para-hydroxylation sites is 2. The number of aromatic amines is 1. The molecule has 2 heterocycles. The highest BCUT2D eigenvalue weighted by Crippen LogP contribution is 2.35. The zero-order valence-electron chi connectivity index (χ0n) is 16.3. The maximum Gasteiger partial charge on any atom is 0.207 e. The number of nitrogens with one attached hydrogen (secondary N) is 2. The van der Waals surface area contributed by atoms with Crippen molar-refractivity contribution in [3.05, 3.63) is 101 Å². The molecule has 0 unspecified atom stereocenters. The first-order valence-electron chi connectivity index (χ1n) is 9.70. The molecule has 0 bridgehead atoms. The van der Waals surface area contributed by atoms with Gasteiger partial charge < -0.3 is 10.3 Å². The van der Waals surface area contributed by atoms with E-state index in [1.165, 1.54) is 11.3 Å². The van der Waals surface area contributed by atoms with E-state index in [1.54, 1.807) is 6.20 Å². The van der Waals surface area contributed by atoms with E-state index in [0.29, 0.717) is 21.3 Å². The summed E-state index contributed by atoms with van der Waals surface area (Å²) in [6, 6.07) is 25.8. The number of fused-ring (bicyclic) bond motifs is 1. The van der Waals surface area contributed by atoms with Crippen molar-refractivity contribution in [2.24, 2.45) is 0 Å². The fraction of sp³-hybridized carbons (Fsp3) is 0.0400. The molecule has 0 aliphatic carbocycles. The third-order valence-corrected chi connectivity index (χ3v) is 6.07. The highest BCUT2D eigenvalue weighted by Gasteiger charge is 2.23. The Morgan fingerprint density at radius 2 is 1.67 bits per heavy atom. The summed E-state index contributed by atoms with van der Waals surface area (Å²) in [4.78, 5) is 22.2. The summed E-state index contributed by atoms with van der Waals surface area (Å²) in [6.45, 7) is 2.05. The Kier molecular flexibility index (Phi) is 4.65. The molecule has 0 spiro atoms. The average molecular weight is 410 g/mol. The molecule has 5 rings (SSSR count). The van der Waals surface area contributed by atoms with Gasteiger partial charge in [-0.15, -0.1) is 0 Å². The number of carbonyl (C=O) groups is 1. The molecule has 2 N–H and O–H groups in total. The fourth-order valence-electron chi connectivity index (χ4n) is 3.53. The van der Waals surface area contributed by atoms with E-state index in [-0.39, 0.29) is 5.78 Å². The minimum atomic E-state index is -0.0263. The van der Waals surface area contributed by atoms with Crippen molar-refractivity contribution in [1.82, 2.24) is 9.97 Å². The molecule has 5 aromatic rings. The smallest absolute Gasteiger partial charge is 0.207 e. The highest BCUT2D eigenvalue weighted by atomic mass is 32.1. The van der Waals surface area contributed by atoms with Crippen molar-refractivity contribution in [2.45, 2.75) is 6.92 Å². The van der Waals surface area contributed by atoms with Crippen LogP contribution in [-0.4, -0.2) is 15.8 Å². The summed E-state index contributed by atoms with van der Waals surface area (Å²) < 4.78 is 0. The molecule has 0 saturated heterocycles. The molecule has 30 heavy (non-hydrogen) atoms. The van der Waals surface area contributed by atoms with Crippen molar-refractivity contribution in [1.29, 1.82) is 0 Å². The number of benzene rings is 3. The molecule has 0 aliphatic heterocycles. The average Bonchev–Trinajstić information content (AvgIpc) is 3.40. The van der Waals surface area contributed by atoms with Crippen molar-refractivity contribution in [3.8, 4) is 11.3 Å². The van der Waals surface area contributed by atoms with Gasteiger partial charge in [-0.3, -0.25) is 4.79 Å². The molecule has 0 fully saturated rings. The number of ketones is 1. The van der Waals surface area contributed by atoms with Crippen molar-refractivity contribution in [2.75, 3.05) is 5.32 Å². The second-order valence-electron chi connectivity index (χ2n) is 7.08. The van der Waals surface area contributed by atoms with Gasteiger partial charge in [0.1, 0.15) is 4.88 Å². The molecular formula is C25H19N3OS. The van der Waals surface area contributed by atoms with Gasteiger partial charge in [-0.2, -0.15) is 0 Å².